The molecule has 3 rings (SSSR count). The second kappa shape index (κ2) is 9.76. The number of nitrogens with zero attached hydrogens (tertiary/aromatic N) is 2. The number of ether oxygens (including phenoxy) is 2. The predicted molar refractivity (Wildman–Crippen MR) is 110 cm³/mol. The largest absolute Gasteiger partial charge is 0.573 e. The molecule has 0 saturated carbocycles. The van der Waals surface area contributed by atoms with Crippen molar-refractivity contribution < 1.29 is 35.9 Å². The average Bonchev–Trinajstić information content (AvgIpc) is 2.73. The fourth-order valence-corrected chi connectivity index (χ4v) is 4.62. The fraction of sp³-hybridized carbons (Fsp3) is 0.350. The van der Waals surface area contributed by atoms with Gasteiger partial charge < -0.3 is 14.8 Å². The minimum Gasteiger partial charge on any atom is -0.497 e. The van der Waals surface area contributed by atoms with Crippen LogP contribution in [0.3, 0.4) is 0 Å². The van der Waals surface area contributed by atoms with Crippen molar-refractivity contribution in [2.75, 3.05) is 45.2 Å². The Balaban J connectivity index is 1.53. The van der Waals surface area contributed by atoms with Gasteiger partial charge in [-0.15, -0.1) is 13.2 Å². The first-order valence-electron chi connectivity index (χ1n) is 9.59. The molecule has 0 atom stereocenters. The monoisotopic (exact) mass is 473 g/mol. The van der Waals surface area contributed by atoms with E-state index >= 15 is 0 Å². The van der Waals surface area contributed by atoms with E-state index in [0.717, 1.165) is 24.3 Å². The number of carbonyl (C=O) groups is 1. The number of piperazine rings is 1. The number of anilines is 1. The van der Waals surface area contributed by atoms with Crippen molar-refractivity contribution in [2.45, 2.75) is 11.3 Å². The summed E-state index contributed by atoms with van der Waals surface area (Å²) in [4.78, 5) is 14.0. The number of carbonyl (C=O) groups excluding carboxylic acids is 1. The van der Waals surface area contributed by atoms with Gasteiger partial charge in [0.05, 0.1) is 18.6 Å². The van der Waals surface area contributed by atoms with Gasteiger partial charge in [-0.1, -0.05) is 6.07 Å². The lowest BCUT2D eigenvalue weighted by Crippen LogP contribution is -2.50. The van der Waals surface area contributed by atoms with Crippen LogP contribution in [0.1, 0.15) is 0 Å². The normalized spacial score (nSPS) is 15.9. The highest BCUT2D eigenvalue weighted by molar-refractivity contribution is 7.89. The highest BCUT2D eigenvalue weighted by atomic mass is 32.2. The summed E-state index contributed by atoms with van der Waals surface area (Å²) in [7, 11) is -2.35. The van der Waals surface area contributed by atoms with Crippen LogP contribution in [-0.4, -0.2) is 69.7 Å². The molecule has 1 aliphatic rings. The lowest BCUT2D eigenvalue weighted by molar-refractivity contribution is -0.274. The summed E-state index contributed by atoms with van der Waals surface area (Å²) in [6, 6.07) is 11.0. The van der Waals surface area contributed by atoms with E-state index in [2.05, 4.69) is 10.1 Å². The summed E-state index contributed by atoms with van der Waals surface area (Å²) in [5.41, 5.74) is 0.591. The molecule has 2 aromatic rings. The number of nitrogens with one attached hydrogen (secondary N) is 1. The van der Waals surface area contributed by atoms with Crippen LogP contribution in [0.15, 0.2) is 53.4 Å². The average molecular weight is 473 g/mol. The van der Waals surface area contributed by atoms with Gasteiger partial charge in [-0.05, 0) is 36.4 Å². The highest BCUT2D eigenvalue weighted by Gasteiger charge is 2.32. The Morgan fingerprint density at radius 2 is 1.69 bits per heavy atom. The highest BCUT2D eigenvalue weighted by Crippen LogP contribution is 2.25. The molecule has 2 aromatic carbocycles. The van der Waals surface area contributed by atoms with Crippen molar-refractivity contribution in [3.63, 3.8) is 0 Å². The van der Waals surface area contributed by atoms with Crippen LogP contribution in [0, 0.1) is 0 Å². The maximum Gasteiger partial charge on any atom is 0.573 e. The molecule has 32 heavy (non-hydrogen) atoms. The third-order valence-electron chi connectivity index (χ3n) is 4.75. The summed E-state index contributed by atoms with van der Waals surface area (Å²) in [5.74, 6) is -0.127. The molecule has 174 valence electrons. The summed E-state index contributed by atoms with van der Waals surface area (Å²) in [6.07, 6.45) is -4.85. The van der Waals surface area contributed by atoms with Crippen LogP contribution in [0.25, 0.3) is 0 Å². The van der Waals surface area contributed by atoms with E-state index in [1.54, 1.807) is 24.3 Å². The van der Waals surface area contributed by atoms with Crippen molar-refractivity contribution in [3.05, 3.63) is 48.5 Å². The molecule has 12 heteroatoms. The first-order valence-corrected chi connectivity index (χ1v) is 11.0. The van der Waals surface area contributed by atoms with Gasteiger partial charge in [0.25, 0.3) is 0 Å². The van der Waals surface area contributed by atoms with Crippen molar-refractivity contribution in [3.8, 4) is 11.5 Å². The van der Waals surface area contributed by atoms with Gasteiger partial charge in [0, 0.05) is 37.9 Å². The molecule has 0 aromatic heterocycles. The van der Waals surface area contributed by atoms with E-state index in [1.165, 1.54) is 11.4 Å². The molecule has 0 unspecified atom stereocenters. The molecule has 1 N–H and O–H groups in total. The number of amides is 1. The van der Waals surface area contributed by atoms with Crippen LogP contribution in [0.5, 0.6) is 11.5 Å². The van der Waals surface area contributed by atoms with E-state index < -0.39 is 22.1 Å². The van der Waals surface area contributed by atoms with E-state index in [9.17, 15) is 26.4 Å². The number of sulfonamides is 1. The SMILES string of the molecule is COc1cccc(NC(=O)CN2CCN(S(=O)(=O)c3ccc(OC(F)(F)F)cc3)CC2)c1. The molecular weight excluding hydrogens is 451 g/mol. The maximum absolute atomic E-state index is 12.8. The molecule has 1 aliphatic heterocycles. The van der Waals surface area contributed by atoms with Crippen molar-refractivity contribution in [1.82, 2.24) is 9.21 Å². The topological polar surface area (TPSA) is 88.2 Å². The van der Waals surface area contributed by atoms with E-state index in [-0.39, 0.29) is 30.4 Å². The van der Waals surface area contributed by atoms with Crippen molar-refractivity contribution in [2.24, 2.45) is 0 Å². The molecule has 1 saturated heterocycles. The number of rotatable bonds is 7. The number of hydrogen-bond acceptors (Lipinski definition) is 6. The Hall–Kier alpha value is -2.83. The first-order chi connectivity index (χ1) is 15.1. The minimum atomic E-state index is -4.85. The van der Waals surface area contributed by atoms with Crippen LogP contribution < -0.4 is 14.8 Å². The quantitative estimate of drug-likeness (QED) is 0.665. The molecule has 0 radical (unpaired) electrons. The zero-order chi connectivity index (χ0) is 23.4. The maximum atomic E-state index is 12.8. The predicted octanol–water partition coefficient (Wildman–Crippen LogP) is 2.54. The molecule has 1 heterocycles. The minimum absolute atomic E-state index is 0.0918. The third kappa shape index (κ3) is 6.34. The third-order valence-corrected chi connectivity index (χ3v) is 6.66. The van der Waals surface area contributed by atoms with Crippen LogP contribution in [0.2, 0.25) is 0 Å². The Labute approximate surface area is 183 Å². The molecule has 8 nitrogen and oxygen atoms in total. The zero-order valence-electron chi connectivity index (χ0n) is 17.1. The molecule has 0 aliphatic carbocycles. The Bertz CT molecular complexity index is 1040. The second-order valence-corrected chi connectivity index (χ2v) is 8.92. The van der Waals surface area contributed by atoms with Crippen LogP contribution in [-0.2, 0) is 14.8 Å². The fourth-order valence-electron chi connectivity index (χ4n) is 3.19. The number of halogens is 3. The summed E-state index contributed by atoms with van der Waals surface area (Å²) in [6.45, 7) is 1.06. The molecule has 1 fully saturated rings. The molecular formula is C20H22F3N3O5S. The van der Waals surface area contributed by atoms with Gasteiger partial charge in [-0.2, -0.15) is 4.31 Å². The van der Waals surface area contributed by atoms with Gasteiger partial charge in [0.1, 0.15) is 11.5 Å². The van der Waals surface area contributed by atoms with Gasteiger partial charge >= 0.3 is 6.36 Å². The van der Waals surface area contributed by atoms with Gasteiger partial charge in [-0.3, -0.25) is 9.69 Å². The van der Waals surface area contributed by atoms with Gasteiger partial charge in [0.2, 0.25) is 15.9 Å². The Kier molecular flexibility index (Phi) is 7.26. The number of benzene rings is 2. The number of hydrogen-bond donors (Lipinski definition) is 1. The van der Waals surface area contributed by atoms with Crippen LogP contribution >= 0.6 is 0 Å². The van der Waals surface area contributed by atoms with Crippen molar-refractivity contribution >= 4 is 21.6 Å². The lowest BCUT2D eigenvalue weighted by Gasteiger charge is -2.33. The number of methoxy groups -OCH3 is 1. The summed E-state index contributed by atoms with van der Waals surface area (Å²) >= 11 is 0. The van der Waals surface area contributed by atoms with E-state index in [1.807, 2.05) is 4.90 Å². The number of alkyl halides is 3. The van der Waals surface area contributed by atoms with Crippen molar-refractivity contribution in [1.29, 1.82) is 0 Å². The molecule has 0 bridgehead atoms. The summed E-state index contributed by atoms with van der Waals surface area (Å²) < 4.78 is 72.4. The van der Waals surface area contributed by atoms with E-state index in [0.29, 0.717) is 24.5 Å². The zero-order valence-corrected chi connectivity index (χ0v) is 17.9. The van der Waals surface area contributed by atoms with Gasteiger partial charge in [-0.25, -0.2) is 8.42 Å². The van der Waals surface area contributed by atoms with Crippen LogP contribution in [0.4, 0.5) is 18.9 Å². The summed E-state index contributed by atoms with van der Waals surface area (Å²) in [5, 5.41) is 2.77. The lowest BCUT2D eigenvalue weighted by atomic mass is 10.3. The standard InChI is InChI=1S/C20H22F3N3O5S/c1-30-17-4-2-3-15(13-17)24-19(27)14-25-9-11-26(12-10-25)32(28,29)18-7-5-16(6-8-18)31-20(21,22)23/h2-8,13H,9-12,14H2,1H3,(H,24,27). The molecule has 1 amide bonds. The second-order valence-electron chi connectivity index (χ2n) is 6.98. The first kappa shape index (κ1) is 23.8. The smallest absolute Gasteiger partial charge is 0.497 e. The Morgan fingerprint density at radius 3 is 2.28 bits per heavy atom. The molecule has 0 spiro atoms. The van der Waals surface area contributed by atoms with Gasteiger partial charge in [0.15, 0.2) is 0 Å². The Morgan fingerprint density at radius 1 is 1.03 bits per heavy atom. The van der Waals surface area contributed by atoms with E-state index in [4.69, 9.17) is 4.74 Å².